The van der Waals surface area contributed by atoms with E-state index in [-0.39, 0.29) is 31.5 Å². The maximum absolute atomic E-state index is 6.00. The van der Waals surface area contributed by atoms with Crippen LogP contribution in [0.5, 0.6) is 0 Å². The first-order valence-corrected chi connectivity index (χ1v) is 7.36. The minimum atomic E-state index is 0.271. The van der Waals surface area contributed by atoms with Crippen molar-refractivity contribution in [3.05, 3.63) is 54.4 Å². The summed E-state index contributed by atoms with van der Waals surface area (Å²) < 4.78 is 0. The van der Waals surface area contributed by atoms with Crippen LogP contribution < -0.4 is 0 Å². The third-order valence-corrected chi connectivity index (χ3v) is 3.80. The van der Waals surface area contributed by atoms with Crippen molar-refractivity contribution in [1.82, 2.24) is 0 Å². The van der Waals surface area contributed by atoms with Gasteiger partial charge in [0.15, 0.2) is 0 Å². The first kappa shape index (κ1) is 16.2. The Labute approximate surface area is 145 Å². The first-order chi connectivity index (χ1) is 9.38. The summed E-state index contributed by atoms with van der Waals surface area (Å²) in [7, 11) is 0. The van der Waals surface area contributed by atoms with E-state index < -0.39 is 0 Å². The molecule has 2 aromatic carbocycles. The summed E-state index contributed by atoms with van der Waals surface area (Å²) in [6, 6.07) is 6.03. The number of benzene rings is 2. The Hall–Kier alpha value is -0.220. The summed E-state index contributed by atoms with van der Waals surface area (Å²) in [4.78, 5) is 0. The molecule has 0 unspecified atom stereocenters. The highest BCUT2D eigenvalue weighted by Crippen LogP contribution is 2.40. The van der Waals surface area contributed by atoms with Crippen LogP contribution in [-0.4, -0.2) is 0 Å². The lowest BCUT2D eigenvalue weighted by atomic mass is 10.3. The van der Waals surface area contributed by atoms with Gasteiger partial charge >= 0.3 is 0 Å². The maximum atomic E-state index is 6.00. The van der Waals surface area contributed by atoms with E-state index in [9.17, 15) is 0 Å². The van der Waals surface area contributed by atoms with Crippen molar-refractivity contribution in [3.8, 4) is 0 Å². The van der Waals surface area contributed by atoms with E-state index in [0.29, 0.717) is 10.0 Å². The number of halogens is 6. The monoisotopic (exact) mass is 386 g/mol. The highest BCUT2D eigenvalue weighted by atomic mass is 35.5. The average Bonchev–Trinajstić information content (AvgIpc) is 2.30. The fourth-order valence-electron chi connectivity index (χ4n) is 1.36. The van der Waals surface area contributed by atoms with E-state index >= 15 is 0 Å². The fourth-order valence-corrected chi connectivity index (χ4v) is 3.15. The lowest BCUT2D eigenvalue weighted by Gasteiger charge is -2.03. The average molecular weight is 389 g/mol. The molecule has 0 aliphatic heterocycles. The molecule has 2 rings (SSSR count). The van der Waals surface area contributed by atoms with Gasteiger partial charge in [0.25, 0.3) is 0 Å². The summed E-state index contributed by atoms with van der Waals surface area (Å²) >= 11 is 35.6. The minimum Gasteiger partial charge on any atom is -0.147 e. The SMILES string of the molecule is Clc1cc(Cl)c(/N=N/c2c(Cl)cc(Cl)cc2Cl)c(Cl)c1. The summed E-state index contributed by atoms with van der Waals surface area (Å²) in [6.07, 6.45) is 0. The second kappa shape index (κ2) is 6.69. The molecule has 0 fully saturated rings. The second-order valence-corrected chi connectivity index (χ2v) is 6.14. The Morgan fingerprint density at radius 1 is 0.500 bits per heavy atom. The lowest BCUT2D eigenvalue weighted by molar-refractivity contribution is 1.23. The predicted octanol–water partition coefficient (Wildman–Crippen LogP) is 8.02. The molecule has 104 valence electrons. The molecule has 0 saturated carbocycles. The van der Waals surface area contributed by atoms with Crippen LogP contribution in [0.2, 0.25) is 30.1 Å². The van der Waals surface area contributed by atoms with Crippen LogP contribution in [0.15, 0.2) is 34.5 Å². The smallest absolute Gasteiger partial charge is 0.123 e. The number of rotatable bonds is 2. The standard InChI is InChI=1S/C12H4Cl6N2/c13-5-1-7(15)11(8(16)2-5)19-20-12-9(17)3-6(14)4-10(12)18/h1-4H/b20-19+. The van der Waals surface area contributed by atoms with Crippen LogP contribution in [0.1, 0.15) is 0 Å². The molecule has 2 nitrogen and oxygen atoms in total. The zero-order valence-corrected chi connectivity index (χ0v) is 14.0. The number of hydrogen-bond acceptors (Lipinski definition) is 2. The Bertz CT molecular complexity index is 593. The molecule has 0 atom stereocenters. The van der Waals surface area contributed by atoms with Gasteiger partial charge in [-0.2, -0.15) is 0 Å². The van der Waals surface area contributed by atoms with E-state index in [1.807, 2.05) is 0 Å². The Kier molecular flexibility index (Phi) is 5.41. The maximum Gasteiger partial charge on any atom is 0.123 e. The van der Waals surface area contributed by atoms with Crippen LogP contribution in [-0.2, 0) is 0 Å². The summed E-state index contributed by atoms with van der Waals surface area (Å²) in [5.41, 5.74) is 0.555. The van der Waals surface area contributed by atoms with Gasteiger partial charge in [-0.15, -0.1) is 10.2 Å². The zero-order chi connectivity index (χ0) is 14.9. The van der Waals surface area contributed by atoms with Crippen molar-refractivity contribution in [2.75, 3.05) is 0 Å². The van der Waals surface area contributed by atoms with Gasteiger partial charge in [0.1, 0.15) is 11.4 Å². The molecular weight excluding hydrogens is 385 g/mol. The zero-order valence-electron chi connectivity index (χ0n) is 9.47. The number of azo groups is 1. The van der Waals surface area contributed by atoms with Gasteiger partial charge < -0.3 is 0 Å². The van der Waals surface area contributed by atoms with Crippen LogP contribution >= 0.6 is 69.6 Å². The van der Waals surface area contributed by atoms with Gasteiger partial charge in [0.2, 0.25) is 0 Å². The highest BCUT2D eigenvalue weighted by molar-refractivity contribution is 6.42. The lowest BCUT2D eigenvalue weighted by Crippen LogP contribution is -1.75. The minimum absolute atomic E-state index is 0.271. The molecular formula is C12H4Cl6N2. The van der Waals surface area contributed by atoms with Gasteiger partial charge in [-0.25, -0.2) is 0 Å². The van der Waals surface area contributed by atoms with Gasteiger partial charge in [-0.3, -0.25) is 0 Å². The molecule has 0 aromatic heterocycles. The highest BCUT2D eigenvalue weighted by Gasteiger charge is 2.10. The molecule has 0 aliphatic carbocycles. The quantitative estimate of drug-likeness (QED) is 0.465. The van der Waals surface area contributed by atoms with Gasteiger partial charge in [-0.1, -0.05) is 69.6 Å². The number of hydrogen-bond donors (Lipinski definition) is 0. The number of nitrogens with zero attached hydrogens (tertiary/aromatic N) is 2. The van der Waals surface area contributed by atoms with Crippen molar-refractivity contribution < 1.29 is 0 Å². The van der Waals surface area contributed by atoms with E-state index in [1.54, 1.807) is 0 Å². The molecule has 0 radical (unpaired) electrons. The van der Waals surface area contributed by atoms with Crippen LogP contribution in [0, 0.1) is 0 Å². The molecule has 2 aromatic rings. The van der Waals surface area contributed by atoms with Gasteiger partial charge in [-0.05, 0) is 24.3 Å². The van der Waals surface area contributed by atoms with E-state index in [2.05, 4.69) is 10.2 Å². The molecule has 0 amide bonds. The Morgan fingerprint density at radius 3 is 1.00 bits per heavy atom. The largest absolute Gasteiger partial charge is 0.147 e. The first-order valence-electron chi connectivity index (χ1n) is 5.09. The second-order valence-electron chi connectivity index (χ2n) is 3.64. The molecule has 8 heteroatoms. The Morgan fingerprint density at radius 2 is 0.750 bits per heavy atom. The topological polar surface area (TPSA) is 24.7 Å². The van der Waals surface area contributed by atoms with Crippen molar-refractivity contribution in [2.24, 2.45) is 10.2 Å². The van der Waals surface area contributed by atoms with Crippen LogP contribution in [0.25, 0.3) is 0 Å². The molecule has 0 spiro atoms. The molecule has 0 saturated heterocycles. The van der Waals surface area contributed by atoms with Crippen molar-refractivity contribution in [2.45, 2.75) is 0 Å². The molecule has 20 heavy (non-hydrogen) atoms. The summed E-state index contributed by atoms with van der Waals surface area (Å²) in [5.74, 6) is 0. The van der Waals surface area contributed by atoms with Crippen LogP contribution in [0.3, 0.4) is 0 Å². The normalized spacial score (nSPS) is 11.3. The summed E-state index contributed by atoms with van der Waals surface area (Å²) in [5, 5.41) is 9.81. The summed E-state index contributed by atoms with van der Waals surface area (Å²) in [6.45, 7) is 0. The molecule has 0 N–H and O–H groups in total. The van der Waals surface area contributed by atoms with Crippen molar-refractivity contribution >= 4 is 81.0 Å². The molecule has 0 bridgehead atoms. The molecule has 0 aliphatic rings. The third kappa shape index (κ3) is 3.70. The Balaban J connectivity index is 2.45. The van der Waals surface area contributed by atoms with Gasteiger partial charge in [0.05, 0.1) is 20.1 Å². The third-order valence-electron chi connectivity index (χ3n) is 2.21. The van der Waals surface area contributed by atoms with Gasteiger partial charge in [0, 0.05) is 10.0 Å². The van der Waals surface area contributed by atoms with E-state index in [0.717, 1.165) is 0 Å². The fraction of sp³-hybridized carbons (Fsp3) is 0. The predicted molar refractivity (Wildman–Crippen MR) is 87.1 cm³/mol. The van der Waals surface area contributed by atoms with E-state index in [1.165, 1.54) is 24.3 Å². The van der Waals surface area contributed by atoms with Crippen molar-refractivity contribution in [3.63, 3.8) is 0 Å². The van der Waals surface area contributed by atoms with E-state index in [4.69, 9.17) is 69.6 Å². The van der Waals surface area contributed by atoms with Crippen molar-refractivity contribution in [1.29, 1.82) is 0 Å². The molecule has 0 heterocycles. The van der Waals surface area contributed by atoms with Crippen LogP contribution in [0.4, 0.5) is 11.4 Å².